The minimum absolute atomic E-state index is 0.491. The molecule has 0 saturated heterocycles. The summed E-state index contributed by atoms with van der Waals surface area (Å²) in [6.07, 6.45) is 7.17. The molecule has 1 unspecified atom stereocenters. The number of ether oxygens (including phenoxy) is 1. The van der Waals surface area contributed by atoms with Crippen LogP contribution >= 0.6 is 0 Å². The van der Waals surface area contributed by atoms with Crippen molar-refractivity contribution in [2.24, 2.45) is 0 Å². The highest BCUT2D eigenvalue weighted by atomic mass is 32.2. The van der Waals surface area contributed by atoms with Crippen LogP contribution in [0.3, 0.4) is 0 Å². The van der Waals surface area contributed by atoms with Gasteiger partial charge in [0.15, 0.2) is 5.60 Å². The van der Waals surface area contributed by atoms with Crippen LogP contribution in [-0.4, -0.2) is 38.3 Å². The van der Waals surface area contributed by atoms with Crippen LogP contribution in [-0.2, 0) is 20.5 Å². The minimum Gasteiger partial charge on any atom is -0.467 e. The quantitative estimate of drug-likeness (QED) is 0.435. The molecular weight excluding hydrogens is 326 g/mol. The minimum atomic E-state index is -1.76. The summed E-state index contributed by atoms with van der Waals surface area (Å²) >= 11 is 0. The van der Waals surface area contributed by atoms with Crippen molar-refractivity contribution >= 4 is 17.0 Å². The molecule has 0 aromatic heterocycles. The lowest BCUT2D eigenvalue weighted by atomic mass is 9.79. The van der Waals surface area contributed by atoms with Crippen molar-refractivity contribution < 1.29 is 18.8 Å². The molecule has 0 rings (SSSR count). The zero-order valence-corrected chi connectivity index (χ0v) is 17.3. The predicted octanol–water partition coefficient (Wildman–Crippen LogP) is 3.47. The van der Waals surface area contributed by atoms with E-state index in [1.807, 2.05) is 20.8 Å². The van der Waals surface area contributed by atoms with E-state index in [-0.39, 0.29) is 0 Å². The Bertz CT molecular complexity index is 418. The average molecular weight is 364 g/mol. The maximum atomic E-state index is 12.5. The Labute approximate surface area is 150 Å². The zero-order chi connectivity index (χ0) is 19.0. The van der Waals surface area contributed by atoms with Crippen LogP contribution in [0.4, 0.5) is 0 Å². The Kier molecular flexibility index (Phi) is 9.69. The maximum Gasteiger partial charge on any atom is 0.339 e. The highest BCUT2D eigenvalue weighted by molar-refractivity contribution is 7.84. The second-order valence-electron chi connectivity index (χ2n) is 7.90. The summed E-state index contributed by atoms with van der Waals surface area (Å²) in [4.78, 5) is 12.1. The third-order valence-electron chi connectivity index (χ3n) is 4.56. The maximum absolute atomic E-state index is 12.5. The van der Waals surface area contributed by atoms with E-state index in [0.29, 0.717) is 6.42 Å². The molecule has 0 aliphatic heterocycles. The van der Waals surface area contributed by atoms with Crippen molar-refractivity contribution in [3.05, 3.63) is 0 Å². The van der Waals surface area contributed by atoms with Crippen molar-refractivity contribution in [3.8, 4) is 0 Å². The first kappa shape index (κ1) is 23.5. The standard InChI is InChI=1S/C18H37NO4S/c1-8-9-10-11-12-13-14-17(5,18(6,21)15(20)23-7)19-24(22)16(2,3)4/h19,21H,8-14H2,1-7H3/t17-,18+,24?/m1/s1. The van der Waals surface area contributed by atoms with Gasteiger partial charge in [-0.2, -0.15) is 0 Å². The van der Waals surface area contributed by atoms with Crippen LogP contribution in [0.25, 0.3) is 0 Å². The molecule has 0 bridgehead atoms. The molecular formula is C18H37NO4S. The van der Waals surface area contributed by atoms with Crippen LogP contribution in [0.2, 0.25) is 0 Å². The molecule has 0 saturated carbocycles. The number of methoxy groups -OCH3 is 1. The Balaban J connectivity index is 5.08. The number of rotatable bonds is 11. The molecule has 0 amide bonds. The molecule has 6 heteroatoms. The summed E-state index contributed by atoms with van der Waals surface area (Å²) in [5, 5.41) is 10.8. The van der Waals surface area contributed by atoms with Crippen LogP contribution in [0.5, 0.6) is 0 Å². The van der Waals surface area contributed by atoms with E-state index in [9.17, 15) is 14.1 Å². The van der Waals surface area contributed by atoms with E-state index < -0.39 is 32.8 Å². The number of carbonyl (C=O) groups is 1. The number of hydrogen-bond donors (Lipinski definition) is 2. The fourth-order valence-electron chi connectivity index (χ4n) is 2.43. The van der Waals surface area contributed by atoms with Crippen LogP contribution in [0.15, 0.2) is 0 Å². The zero-order valence-electron chi connectivity index (χ0n) is 16.5. The van der Waals surface area contributed by atoms with E-state index in [4.69, 9.17) is 4.74 Å². The first-order valence-electron chi connectivity index (χ1n) is 8.93. The highest BCUT2D eigenvalue weighted by Gasteiger charge is 2.51. The van der Waals surface area contributed by atoms with E-state index in [0.717, 1.165) is 19.3 Å². The molecule has 0 aromatic carbocycles. The fourth-order valence-corrected chi connectivity index (χ4v) is 3.45. The average Bonchev–Trinajstić information content (AvgIpc) is 2.48. The van der Waals surface area contributed by atoms with Crippen molar-refractivity contribution in [3.63, 3.8) is 0 Å². The largest absolute Gasteiger partial charge is 0.467 e. The van der Waals surface area contributed by atoms with Crippen molar-refractivity contribution in [1.29, 1.82) is 0 Å². The molecule has 24 heavy (non-hydrogen) atoms. The van der Waals surface area contributed by atoms with Crippen molar-refractivity contribution in [2.45, 2.75) is 102 Å². The van der Waals surface area contributed by atoms with Crippen LogP contribution in [0, 0.1) is 0 Å². The molecule has 0 heterocycles. The van der Waals surface area contributed by atoms with Gasteiger partial charge in [0.2, 0.25) is 0 Å². The summed E-state index contributed by atoms with van der Waals surface area (Å²) in [5.74, 6) is -0.714. The second kappa shape index (κ2) is 9.88. The third kappa shape index (κ3) is 6.81. The van der Waals surface area contributed by atoms with Gasteiger partial charge in [-0.3, -0.25) is 0 Å². The lowest BCUT2D eigenvalue weighted by molar-refractivity contribution is -0.168. The van der Waals surface area contributed by atoms with Gasteiger partial charge < -0.3 is 9.84 Å². The molecule has 5 nitrogen and oxygen atoms in total. The Morgan fingerprint density at radius 1 is 1.04 bits per heavy atom. The summed E-state index contributed by atoms with van der Waals surface area (Å²) in [7, 11) is -0.147. The first-order chi connectivity index (χ1) is 10.9. The molecule has 3 atom stereocenters. The first-order valence-corrected chi connectivity index (χ1v) is 10.1. The topological polar surface area (TPSA) is 75.6 Å². The summed E-state index contributed by atoms with van der Waals surface area (Å²) in [5.41, 5.74) is -2.78. The fraction of sp³-hybridized carbons (Fsp3) is 0.944. The smallest absolute Gasteiger partial charge is 0.339 e. The van der Waals surface area contributed by atoms with Crippen molar-refractivity contribution in [1.82, 2.24) is 4.72 Å². The van der Waals surface area contributed by atoms with Crippen LogP contribution < -0.4 is 4.72 Å². The lowest BCUT2D eigenvalue weighted by Crippen LogP contribution is -2.65. The Morgan fingerprint density at radius 2 is 1.54 bits per heavy atom. The van der Waals surface area contributed by atoms with Gasteiger partial charge in [-0.15, -0.1) is 0 Å². The number of hydrogen-bond acceptors (Lipinski definition) is 4. The van der Waals surface area contributed by atoms with E-state index >= 15 is 0 Å². The summed E-state index contributed by atoms with van der Waals surface area (Å²) < 4.78 is 19.8. The number of aliphatic hydroxyl groups is 1. The number of carbonyl (C=O) groups excluding carboxylic acids is 1. The second-order valence-corrected chi connectivity index (χ2v) is 9.86. The monoisotopic (exact) mass is 363 g/mol. The normalized spacial score (nSPS) is 18.5. The predicted molar refractivity (Wildman–Crippen MR) is 100 cm³/mol. The number of nitrogens with one attached hydrogen (secondary N) is 1. The van der Waals surface area contributed by atoms with Gasteiger partial charge in [-0.05, 0) is 41.0 Å². The van der Waals surface area contributed by atoms with Crippen LogP contribution in [0.1, 0.15) is 86.5 Å². The summed E-state index contributed by atoms with van der Waals surface area (Å²) in [6.45, 7) is 10.9. The Hall–Kier alpha value is -0.460. The SMILES string of the molecule is CCCCCCCC[C@@](C)(NS(=O)C(C)(C)C)[C@@](C)(O)C(=O)OC. The molecule has 0 spiro atoms. The number of unbranched alkanes of at least 4 members (excludes halogenated alkanes) is 5. The van der Waals surface area contributed by atoms with Gasteiger partial charge in [-0.1, -0.05) is 45.4 Å². The van der Waals surface area contributed by atoms with Gasteiger partial charge >= 0.3 is 5.97 Å². The van der Waals surface area contributed by atoms with Gasteiger partial charge in [0.25, 0.3) is 0 Å². The Morgan fingerprint density at radius 3 is 2.00 bits per heavy atom. The number of esters is 1. The third-order valence-corrected chi connectivity index (χ3v) is 6.31. The van der Waals surface area contributed by atoms with E-state index in [1.165, 1.54) is 33.3 Å². The van der Waals surface area contributed by atoms with Crippen molar-refractivity contribution in [2.75, 3.05) is 7.11 Å². The molecule has 0 radical (unpaired) electrons. The highest BCUT2D eigenvalue weighted by Crippen LogP contribution is 2.31. The van der Waals surface area contributed by atoms with Gasteiger partial charge in [0.1, 0.15) is 0 Å². The molecule has 0 aliphatic rings. The van der Waals surface area contributed by atoms with E-state index in [2.05, 4.69) is 11.6 Å². The van der Waals surface area contributed by atoms with Gasteiger partial charge in [0.05, 0.1) is 28.4 Å². The van der Waals surface area contributed by atoms with E-state index in [1.54, 1.807) is 6.92 Å². The summed E-state index contributed by atoms with van der Waals surface area (Å²) in [6, 6.07) is 0. The molecule has 0 fully saturated rings. The van der Waals surface area contributed by atoms with Gasteiger partial charge in [-0.25, -0.2) is 13.7 Å². The van der Waals surface area contributed by atoms with Gasteiger partial charge in [0, 0.05) is 0 Å². The molecule has 144 valence electrons. The molecule has 2 N–H and O–H groups in total. The lowest BCUT2D eigenvalue weighted by Gasteiger charge is -2.42. The molecule has 0 aliphatic carbocycles. The molecule has 0 aromatic rings.